The first-order chi connectivity index (χ1) is 11.5. The van der Waals surface area contributed by atoms with Crippen molar-refractivity contribution in [2.45, 2.75) is 25.8 Å². The molecule has 126 valence electrons. The summed E-state index contributed by atoms with van der Waals surface area (Å²) >= 11 is 5.96. The van der Waals surface area contributed by atoms with Crippen molar-refractivity contribution in [3.8, 4) is 0 Å². The highest BCUT2D eigenvalue weighted by molar-refractivity contribution is 6.30. The van der Waals surface area contributed by atoms with Gasteiger partial charge in [0.05, 0.1) is 12.5 Å². The number of rotatable bonds is 7. The van der Waals surface area contributed by atoms with Crippen molar-refractivity contribution < 1.29 is 14.7 Å². The predicted molar refractivity (Wildman–Crippen MR) is 93.9 cm³/mol. The predicted octanol–water partition coefficient (Wildman–Crippen LogP) is 3.85. The van der Waals surface area contributed by atoms with Crippen LogP contribution in [0.4, 0.5) is 0 Å². The second-order valence-corrected chi connectivity index (χ2v) is 6.24. The maximum atomic E-state index is 12.5. The third-order valence-electron chi connectivity index (χ3n) is 3.78. The summed E-state index contributed by atoms with van der Waals surface area (Å²) in [5.41, 5.74) is 1.75. The van der Waals surface area contributed by atoms with E-state index in [2.05, 4.69) is 5.32 Å². The summed E-state index contributed by atoms with van der Waals surface area (Å²) in [6, 6.07) is 16.0. The summed E-state index contributed by atoms with van der Waals surface area (Å²) in [5.74, 6) is -1.42. The molecule has 0 radical (unpaired) electrons. The molecule has 4 nitrogen and oxygen atoms in total. The molecule has 24 heavy (non-hydrogen) atoms. The summed E-state index contributed by atoms with van der Waals surface area (Å²) in [7, 11) is 0. The van der Waals surface area contributed by atoms with E-state index in [4.69, 9.17) is 16.7 Å². The molecular weight excluding hydrogens is 326 g/mol. The molecule has 0 bridgehead atoms. The second kappa shape index (κ2) is 8.50. The lowest BCUT2D eigenvalue weighted by molar-refractivity contribution is -0.137. The van der Waals surface area contributed by atoms with Gasteiger partial charge in [0.1, 0.15) is 0 Å². The number of aliphatic carboxylic acids is 1. The van der Waals surface area contributed by atoms with Crippen molar-refractivity contribution in [1.29, 1.82) is 0 Å². The van der Waals surface area contributed by atoms with Gasteiger partial charge in [-0.1, -0.05) is 61.0 Å². The number of carboxylic acid groups (broad SMARTS) is 1. The highest BCUT2D eigenvalue weighted by atomic mass is 35.5. The first-order valence-electron chi connectivity index (χ1n) is 7.77. The van der Waals surface area contributed by atoms with Crippen LogP contribution in [0.15, 0.2) is 54.6 Å². The van der Waals surface area contributed by atoms with Crippen molar-refractivity contribution in [2.24, 2.45) is 5.92 Å². The molecule has 0 fully saturated rings. The van der Waals surface area contributed by atoms with Gasteiger partial charge in [-0.15, -0.1) is 0 Å². The summed E-state index contributed by atoms with van der Waals surface area (Å²) in [5, 5.41) is 12.6. The molecule has 2 atom stereocenters. The van der Waals surface area contributed by atoms with Gasteiger partial charge in [0.2, 0.25) is 5.91 Å². The van der Waals surface area contributed by atoms with Crippen molar-refractivity contribution >= 4 is 23.5 Å². The zero-order valence-electron chi connectivity index (χ0n) is 13.4. The maximum Gasteiger partial charge on any atom is 0.305 e. The van der Waals surface area contributed by atoms with E-state index in [0.29, 0.717) is 11.4 Å². The molecule has 0 aliphatic heterocycles. The van der Waals surface area contributed by atoms with Gasteiger partial charge in [0, 0.05) is 10.9 Å². The fourth-order valence-corrected chi connectivity index (χ4v) is 2.75. The van der Waals surface area contributed by atoms with Crippen LogP contribution in [0.1, 0.15) is 30.5 Å². The van der Waals surface area contributed by atoms with Crippen molar-refractivity contribution in [2.75, 3.05) is 0 Å². The Bertz CT molecular complexity index is 703. The molecule has 0 aromatic heterocycles. The fraction of sp³-hybridized carbons (Fsp3) is 0.263. The Morgan fingerprint density at radius 3 is 2.46 bits per heavy atom. The number of hydrogen-bond acceptors (Lipinski definition) is 2. The van der Waals surface area contributed by atoms with E-state index in [0.717, 1.165) is 11.1 Å². The number of halogens is 1. The van der Waals surface area contributed by atoms with Crippen LogP contribution in [-0.2, 0) is 16.0 Å². The van der Waals surface area contributed by atoms with Gasteiger partial charge in [-0.3, -0.25) is 9.59 Å². The van der Waals surface area contributed by atoms with Crippen LogP contribution < -0.4 is 5.32 Å². The minimum atomic E-state index is -0.952. The highest BCUT2D eigenvalue weighted by Crippen LogP contribution is 2.19. The number of carbonyl (C=O) groups is 2. The lowest BCUT2D eigenvalue weighted by Gasteiger charge is -2.20. The van der Waals surface area contributed by atoms with Gasteiger partial charge in [0.25, 0.3) is 0 Å². The number of hydrogen-bond donors (Lipinski definition) is 2. The Kier molecular flexibility index (Phi) is 6.38. The topological polar surface area (TPSA) is 66.4 Å². The van der Waals surface area contributed by atoms with Crippen LogP contribution in [-0.4, -0.2) is 17.0 Å². The molecule has 0 saturated carbocycles. The molecule has 0 spiro atoms. The van der Waals surface area contributed by atoms with Gasteiger partial charge < -0.3 is 10.4 Å². The van der Waals surface area contributed by atoms with E-state index in [1.807, 2.05) is 55.5 Å². The molecule has 1 amide bonds. The van der Waals surface area contributed by atoms with E-state index in [1.54, 1.807) is 6.07 Å². The molecule has 2 aromatic carbocycles. The van der Waals surface area contributed by atoms with Crippen LogP contribution in [0.3, 0.4) is 0 Å². The first kappa shape index (κ1) is 18.0. The van der Waals surface area contributed by atoms with Crippen LogP contribution in [0.2, 0.25) is 5.02 Å². The van der Waals surface area contributed by atoms with E-state index in [1.165, 1.54) is 0 Å². The number of nitrogens with one attached hydrogen (secondary N) is 1. The van der Waals surface area contributed by atoms with Gasteiger partial charge in [-0.05, 0) is 29.7 Å². The fourth-order valence-electron chi connectivity index (χ4n) is 2.54. The van der Waals surface area contributed by atoms with E-state index in [9.17, 15) is 9.59 Å². The Hall–Kier alpha value is -2.33. The van der Waals surface area contributed by atoms with Crippen molar-refractivity contribution in [1.82, 2.24) is 5.32 Å². The summed E-state index contributed by atoms with van der Waals surface area (Å²) in [4.78, 5) is 23.6. The average Bonchev–Trinajstić information content (AvgIpc) is 2.54. The molecule has 2 N–H and O–H groups in total. The highest BCUT2D eigenvalue weighted by Gasteiger charge is 2.21. The van der Waals surface area contributed by atoms with E-state index >= 15 is 0 Å². The molecule has 0 aliphatic carbocycles. The third kappa shape index (κ3) is 5.39. The van der Waals surface area contributed by atoms with E-state index in [-0.39, 0.29) is 18.2 Å². The SMILES string of the molecule is CC(Cc1cccc(Cl)c1)C(=O)NC(CC(=O)O)c1ccccc1. The largest absolute Gasteiger partial charge is 0.481 e. The molecule has 0 heterocycles. The van der Waals surface area contributed by atoms with Crippen LogP contribution in [0, 0.1) is 5.92 Å². The molecule has 2 aromatic rings. The van der Waals surface area contributed by atoms with Crippen LogP contribution >= 0.6 is 11.6 Å². The molecular formula is C19H20ClNO3. The Morgan fingerprint density at radius 1 is 1.12 bits per heavy atom. The smallest absolute Gasteiger partial charge is 0.305 e. The van der Waals surface area contributed by atoms with Gasteiger partial charge in [-0.25, -0.2) is 0 Å². The number of carbonyl (C=O) groups excluding carboxylic acids is 1. The van der Waals surface area contributed by atoms with E-state index < -0.39 is 12.0 Å². The van der Waals surface area contributed by atoms with Crippen LogP contribution in [0.25, 0.3) is 0 Å². The van der Waals surface area contributed by atoms with Crippen molar-refractivity contribution in [3.05, 3.63) is 70.7 Å². The number of benzene rings is 2. The Morgan fingerprint density at radius 2 is 1.83 bits per heavy atom. The maximum absolute atomic E-state index is 12.5. The summed E-state index contributed by atoms with van der Waals surface area (Å²) in [6.07, 6.45) is 0.389. The lowest BCUT2D eigenvalue weighted by atomic mass is 9.98. The average molecular weight is 346 g/mol. The zero-order chi connectivity index (χ0) is 17.5. The summed E-state index contributed by atoms with van der Waals surface area (Å²) in [6.45, 7) is 1.82. The van der Waals surface area contributed by atoms with Crippen molar-refractivity contribution in [3.63, 3.8) is 0 Å². The molecule has 0 saturated heterocycles. The minimum Gasteiger partial charge on any atom is -0.481 e. The Balaban J connectivity index is 2.05. The minimum absolute atomic E-state index is 0.153. The number of amides is 1. The van der Waals surface area contributed by atoms with Gasteiger partial charge >= 0.3 is 5.97 Å². The molecule has 2 unspecified atom stereocenters. The van der Waals surface area contributed by atoms with Gasteiger partial charge in [-0.2, -0.15) is 0 Å². The first-order valence-corrected chi connectivity index (χ1v) is 8.15. The lowest BCUT2D eigenvalue weighted by Crippen LogP contribution is -2.34. The standard InChI is InChI=1S/C19H20ClNO3/c1-13(10-14-6-5-9-16(20)11-14)19(24)21-17(12-18(22)23)15-7-3-2-4-8-15/h2-9,11,13,17H,10,12H2,1H3,(H,21,24)(H,22,23). The van der Waals surface area contributed by atoms with Crippen LogP contribution in [0.5, 0.6) is 0 Å². The quantitative estimate of drug-likeness (QED) is 0.801. The zero-order valence-corrected chi connectivity index (χ0v) is 14.2. The number of carboxylic acids is 1. The second-order valence-electron chi connectivity index (χ2n) is 5.80. The third-order valence-corrected chi connectivity index (χ3v) is 4.01. The molecule has 2 rings (SSSR count). The Labute approximate surface area is 146 Å². The summed E-state index contributed by atoms with van der Waals surface area (Å²) < 4.78 is 0. The molecule has 0 aliphatic rings. The monoisotopic (exact) mass is 345 g/mol. The normalized spacial score (nSPS) is 13.1. The van der Waals surface area contributed by atoms with Gasteiger partial charge in [0.15, 0.2) is 0 Å². The molecule has 5 heteroatoms.